The van der Waals surface area contributed by atoms with Crippen molar-refractivity contribution in [3.05, 3.63) is 0 Å². The molecule has 16 heavy (non-hydrogen) atoms. The van der Waals surface area contributed by atoms with Gasteiger partial charge in [-0.1, -0.05) is 0 Å². The summed E-state index contributed by atoms with van der Waals surface area (Å²) in [4.78, 5) is 0. The Morgan fingerprint density at radius 1 is 0.938 bits per heavy atom. The van der Waals surface area contributed by atoms with Gasteiger partial charge in [0, 0.05) is 25.4 Å². The van der Waals surface area contributed by atoms with Gasteiger partial charge in [-0.2, -0.15) is 0 Å². The van der Waals surface area contributed by atoms with Gasteiger partial charge in [0.15, 0.2) is 0 Å². The van der Waals surface area contributed by atoms with E-state index < -0.39 is 8.80 Å². The Balaban J connectivity index is 2.04. The van der Waals surface area contributed by atoms with Crippen molar-refractivity contribution in [1.29, 1.82) is 0 Å². The summed E-state index contributed by atoms with van der Waals surface area (Å²) < 4.78 is 17.9. The molecule has 2 rings (SSSR count). The third-order valence-corrected chi connectivity index (χ3v) is 7.69. The van der Waals surface area contributed by atoms with Crippen LogP contribution >= 0.6 is 0 Å². The Kier molecular flexibility index (Phi) is 4.05. The molecule has 0 amide bonds. The fourth-order valence-electron chi connectivity index (χ4n) is 3.18. The zero-order chi connectivity index (χ0) is 11.6. The van der Waals surface area contributed by atoms with Crippen LogP contribution in [0.25, 0.3) is 0 Å². The highest BCUT2D eigenvalue weighted by molar-refractivity contribution is 6.62. The molecule has 0 aromatic rings. The minimum absolute atomic E-state index is 0.589. The lowest BCUT2D eigenvalue weighted by Gasteiger charge is -2.56. The van der Waals surface area contributed by atoms with Crippen molar-refractivity contribution in [2.24, 2.45) is 11.8 Å². The molecular weight excluding hydrogens is 220 g/mol. The van der Waals surface area contributed by atoms with Crippen LogP contribution in [0.3, 0.4) is 0 Å². The van der Waals surface area contributed by atoms with Gasteiger partial charge < -0.3 is 13.3 Å². The van der Waals surface area contributed by atoms with E-state index in [0.717, 1.165) is 11.8 Å². The molecular formula is C12H24O3Si. The van der Waals surface area contributed by atoms with E-state index in [0.29, 0.717) is 25.4 Å². The van der Waals surface area contributed by atoms with Crippen molar-refractivity contribution in [2.75, 3.05) is 19.8 Å². The van der Waals surface area contributed by atoms with Crippen LogP contribution < -0.4 is 0 Å². The summed E-state index contributed by atoms with van der Waals surface area (Å²) in [6.07, 6.45) is 4.05. The second kappa shape index (κ2) is 5.17. The molecule has 3 nitrogen and oxygen atoms in total. The van der Waals surface area contributed by atoms with Gasteiger partial charge in [0.2, 0.25) is 0 Å². The molecule has 0 aromatic heterocycles. The van der Waals surface area contributed by atoms with Gasteiger partial charge >= 0.3 is 8.80 Å². The normalized spacial score (nSPS) is 32.8. The number of hydrogen-bond donors (Lipinski definition) is 0. The topological polar surface area (TPSA) is 27.7 Å². The number of fused-ring (bicyclic) bond motifs is 1. The summed E-state index contributed by atoms with van der Waals surface area (Å²) in [5.41, 5.74) is 0.589. The first-order valence-electron chi connectivity index (χ1n) is 6.69. The van der Waals surface area contributed by atoms with Gasteiger partial charge in [-0.3, -0.25) is 0 Å². The van der Waals surface area contributed by atoms with Crippen molar-refractivity contribution < 1.29 is 13.3 Å². The molecule has 4 heteroatoms. The predicted molar refractivity (Wildman–Crippen MR) is 65.2 cm³/mol. The molecule has 0 spiro atoms. The Morgan fingerprint density at radius 2 is 1.50 bits per heavy atom. The lowest BCUT2D eigenvalue weighted by atomic mass is 9.59. The van der Waals surface area contributed by atoms with Gasteiger partial charge in [0.05, 0.1) is 0 Å². The molecule has 0 aliphatic heterocycles. The predicted octanol–water partition coefficient (Wildman–Crippen LogP) is 2.83. The first-order chi connectivity index (χ1) is 7.77. The smallest absolute Gasteiger partial charge is 0.374 e. The van der Waals surface area contributed by atoms with E-state index in [1.165, 1.54) is 19.3 Å². The van der Waals surface area contributed by atoms with E-state index in [1.54, 1.807) is 0 Å². The summed E-state index contributed by atoms with van der Waals surface area (Å²) in [5, 5.41) is 0. The monoisotopic (exact) mass is 244 g/mol. The summed E-state index contributed by atoms with van der Waals surface area (Å²) in [5.74, 6) is 1.80. The van der Waals surface area contributed by atoms with Crippen molar-refractivity contribution in [1.82, 2.24) is 0 Å². The van der Waals surface area contributed by atoms with Gasteiger partial charge in [-0.05, 0) is 51.9 Å². The van der Waals surface area contributed by atoms with Crippen LogP contribution in [-0.4, -0.2) is 28.6 Å². The number of rotatable bonds is 7. The molecule has 0 N–H and O–H groups in total. The van der Waals surface area contributed by atoms with Crippen LogP contribution in [0.1, 0.15) is 40.0 Å². The van der Waals surface area contributed by atoms with Gasteiger partial charge in [-0.15, -0.1) is 0 Å². The van der Waals surface area contributed by atoms with Crippen LogP contribution in [0.2, 0.25) is 5.54 Å². The van der Waals surface area contributed by atoms with E-state index in [1.807, 2.05) is 20.8 Å². The molecule has 2 aliphatic carbocycles. The Labute approximate surface area is 99.8 Å². The van der Waals surface area contributed by atoms with Gasteiger partial charge in [0.1, 0.15) is 0 Å². The SMILES string of the molecule is CCO[Si](OCC)(OCC)C1CC2CCC21. The molecule has 0 aromatic carbocycles. The lowest BCUT2D eigenvalue weighted by molar-refractivity contribution is -0.0221. The van der Waals surface area contributed by atoms with Crippen LogP contribution in [0, 0.1) is 11.8 Å². The molecule has 94 valence electrons. The first kappa shape index (κ1) is 12.6. The fraction of sp³-hybridized carbons (Fsp3) is 1.00. The number of hydrogen-bond acceptors (Lipinski definition) is 3. The van der Waals surface area contributed by atoms with Crippen LogP contribution in [0.15, 0.2) is 0 Å². The van der Waals surface area contributed by atoms with E-state index in [4.69, 9.17) is 13.3 Å². The van der Waals surface area contributed by atoms with Crippen LogP contribution in [0.4, 0.5) is 0 Å². The summed E-state index contributed by atoms with van der Waals surface area (Å²) >= 11 is 0. The Morgan fingerprint density at radius 3 is 1.75 bits per heavy atom. The molecule has 3 unspecified atom stereocenters. The maximum absolute atomic E-state index is 5.96. The van der Waals surface area contributed by atoms with E-state index in [-0.39, 0.29) is 0 Å². The Bertz CT molecular complexity index is 217. The molecule has 2 aliphatic rings. The molecule has 2 saturated carbocycles. The molecule has 0 heterocycles. The second-order valence-electron chi connectivity index (χ2n) is 4.75. The molecule has 0 bridgehead atoms. The third-order valence-electron chi connectivity index (χ3n) is 4.04. The lowest BCUT2D eigenvalue weighted by Crippen LogP contribution is -2.60. The van der Waals surface area contributed by atoms with E-state index in [9.17, 15) is 0 Å². The minimum Gasteiger partial charge on any atom is -0.374 e. The molecule has 3 atom stereocenters. The zero-order valence-corrected chi connectivity index (χ0v) is 11.7. The van der Waals surface area contributed by atoms with Crippen LogP contribution in [0.5, 0.6) is 0 Å². The highest BCUT2D eigenvalue weighted by Crippen LogP contribution is 2.61. The zero-order valence-electron chi connectivity index (χ0n) is 10.7. The second-order valence-corrected chi connectivity index (χ2v) is 7.56. The molecule has 0 radical (unpaired) electrons. The third kappa shape index (κ3) is 1.96. The quantitative estimate of drug-likeness (QED) is 0.645. The van der Waals surface area contributed by atoms with Crippen molar-refractivity contribution in [2.45, 2.75) is 45.6 Å². The standard InChI is InChI=1S/C12H24O3Si/c1-4-13-16(14-5-2,15-6-3)12-9-10-7-8-11(10)12/h10-12H,4-9H2,1-3H3. The molecule has 2 fully saturated rings. The average Bonchev–Trinajstić information content (AvgIpc) is 2.23. The minimum atomic E-state index is -2.37. The van der Waals surface area contributed by atoms with E-state index in [2.05, 4.69) is 0 Å². The highest BCUT2D eigenvalue weighted by Gasteiger charge is 2.62. The van der Waals surface area contributed by atoms with Gasteiger partial charge in [0.25, 0.3) is 0 Å². The van der Waals surface area contributed by atoms with E-state index >= 15 is 0 Å². The fourth-order valence-corrected chi connectivity index (χ4v) is 6.83. The van der Waals surface area contributed by atoms with Gasteiger partial charge in [-0.25, -0.2) is 0 Å². The first-order valence-corrected chi connectivity index (χ1v) is 8.49. The maximum atomic E-state index is 5.96. The Hall–Kier alpha value is 0.0969. The van der Waals surface area contributed by atoms with Crippen molar-refractivity contribution in [3.8, 4) is 0 Å². The summed E-state index contributed by atoms with van der Waals surface area (Å²) in [7, 11) is -2.37. The average molecular weight is 244 g/mol. The van der Waals surface area contributed by atoms with Crippen LogP contribution in [-0.2, 0) is 13.3 Å². The molecule has 0 saturated heterocycles. The van der Waals surface area contributed by atoms with Crippen molar-refractivity contribution in [3.63, 3.8) is 0 Å². The largest absolute Gasteiger partial charge is 0.504 e. The summed E-state index contributed by atoms with van der Waals surface area (Å²) in [6, 6.07) is 0. The summed E-state index contributed by atoms with van der Waals surface area (Å²) in [6.45, 7) is 8.24. The van der Waals surface area contributed by atoms with Crippen molar-refractivity contribution >= 4 is 8.80 Å². The highest BCUT2D eigenvalue weighted by atomic mass is 28.4. The maximum Gasteiger partial charge on any atom is 0.504 e.